The number of nitriles is 1. The van der Waals surface area contributed by atoms with Gasteiger partial charge in [0.2, 0.25) is 5.91 Å². The lowest BCUT2D eigenvalue weighted by atomic mass is 10.2. The minimum Gasteiger partial charge on any atom is -0.325 e. The molecule has 9 nitrogen and oxygen atoms in total. The summed E-state index contributed by atoms with van der Waals surface area (Å²) < 4.78 is 3.97. The molecule has 146 valence electrons. The summed E-state index contributed by atoms with van der Waals surface area (Å²) in [4.78, 5) is 42.2. The Balaban J connectivity index is 2.01. The van der Waals surface area contributed by atoms with Crippen LogP contribution in [0.25, 0.3) is 11.2 Å². The lowest BCUT2D eigenvalue weighted by Gasteiger charge is -2.10. The van der Waals surface area contributed by atoms with Crippen LogP contribution in [0.4, 0.5) is 5.69 Å². The average Bonchev–Trinajstić information content (AvgIpc) is 3.05. The number of aromatic nitrogens is 4. The van der Waals surface area contributed by atoms with Gasteiger partial charge in [-0.3, -0.25) is 14.2 Å². The van der Waals surface area contributed by atoms with Crippen molar-refractivity contribution in [3.8, 4) is 17.9 Å². The van der Waals surface area contributed by atoms with Gasteiger partial charge in [-0.15, -0.1) is 5.92 Å². The zero-order valence-corrected chi connectivity index (χ0v) is 17.1. The van der Waals surface area contributed by atoms with E-state index < -0.39 is 23.7 Å². The van der Waals surface area contributed by atoms with Crippen molar-refractivity contribution >= 4 is 38.7 Å². The quantitative estimate of drug-likeness (QED) is 0.469. The fourth-order valence-corrected chi connectivity index (χ4v) is 3.23. The number of amides is 1. The topological polar surface area (TPSA) is 115 Å². The molecule has 29 heavy (non-hydrogen) atoms. The molecule has 1 aromatic carbocycles. The van der Waals surface area contributed by atoms with Gasteiger partial charge in [0.1, 0.15) is 6.54 Å². The monoisotopic (exact) mass is 454 g/mol. The highest BCUT2D eigenvalue weighted by Gasteiger charge is 2.20. The van der Waals surface area contributed by atoms with E-state index in [1.54, 1.807) is 35.8 Å². The highest BCUT2D eigenvalue weighted by atomic mass is 79.9. The summed E-state index contributed by atoms with van der Waals surface area (Å²) in [6, 6.07) is 8.22. The van der Waals surface area contributed by atoms with Crippen LogP contribution in [0.1, 0.15) is 12.5 Å². The second-order valence-corrected chi connectivity index (χ2v) is 6.75. The Hall–Kier alpha value is -3.63. The number of anilines is 1. The highest BCUT2D eigenvalue weighted by molar-refractivity contribution is 9.10. The lowest BCUT2D eigenvalue weighted by molar-refractivity contribution is -0.116. The molecule has 0 saturated carbocycles. The van der Waals surface area contributed by atoms with Crippen molar-refractivity contribution in [1.82, 2.24) is 18.7 Å². The van der Waals surface area contributed by atoms with E-state index in [0.717, 1.165) is 4.57 Å². The number of hydrogen-bond acceptors (Lipinski definition) is 5. The van der Waals surface area contributed by atoms with Gasteiger partial charge in [-0.1, -0.05) is 5.92 Å². The first-order valence-electron chi connectivity index (χ1n) is 8.42. The molecule has 10 heteroatoms. The molecule has 1 N–H and O–H groups in total. The number of benzene rings is 1. The number of nitrogens with one attached hydrogen (secondary N) is 1. The Morgan fingerprint density at radius 2 is 1.93 bits per heavy atom. The van der Waals surface area contributed by atoms with E-state index in [9.17, 15) is 14.4 Å². The Morgan fingerprint density at radius 1 is 1.24 bits per heavy atom. The molecule has 3 aromatic rings. The van der Waals surface area contributed by atoms with E-state index in [0.29, 0.717) is 16.0 Å². The molecule has 0 aliphatic rings. The van der Waals surface area contributed by atoms with Gasteiger partial charge in [-0.05, 0) is 47.1 Å². The molecule has 0 fully saturated rings. The second kappa shape index (κ2) is 8.17. The van der Waals surface area contributed by atoms with Crippen molar-refractivity contribution in [3.63, 3.8) is 0 Å². The van der Waals surface area contributed by atoms with E-state index >= 15 is 0 Å². The van der Waals surface area contributed by atoms with Crippen LogP contribution in [0.5, 0.6) is 0 Å². The molecule has 0 bridgehead atoms. The van der Waals surface area contributed by atoms with E-state index in [1.807, 2.05) is 6.07 Å². The van der Waals surface area contributed by atoms with Crippen LogP contribution in [0, 0.1) is 23.2 Å². The fraction of sp³-hybridized carbons (Fsp3) is 0.211. The predicted octanol–water partition coefficient (Wildman–Crippen LogP) is 1.19. The van der Waals surface area contributed by atoms with E-state index in [4.69, 9.17) is 5.26 Å². The summed E-state index contributed by atoms with van der Waals surface area (Å²) in [5, 5.41) is 11.4. The van der Waals surface area contributed by atoms with Crippen molar-refractivity contribution in [2.45, 2.75) is 20.0 Å². The first-order chi connectivity index (χ1) is 13.9. The summed E-state index contributed by atoms with van der Waals surface area (Å²) in [5.41, 5.74) is -0.00896. The zero-order valence-electron chi connectivity index (χ0n) is 15.6. The average molecular weight is 455 g/mol. The Labute approximate surface area is 173 Å². The van der Waals surface area contributed by atoms with Gasteiger partial charge in [-0.2, -0.15) is 5.26 Å². The van der Waals surface area contributed by atoms with Crippen LogP contribution < -0.4 is 16.6 Å². The van der Waals surface area contributed by atoms with Crippen LogP contribution in [-0.2, 0) is 24.9 Å². The summed E-state index contributed by atoms with van der Waals surface area (Å²) in [5.74, 6) is 5.05. The van der Waals surface area contributed by atoms with Crippen LogP contribution in [-0.4, -0.2) is 24.6 Å². The van der Waals surface area contributed by atoms with Crippen molar-refractivity contribution in [2.75, 3.05) is 5.32 Å². The molecule has 0 saturated heterocycles. The van der Waals surface area contributed by atoms with Gasteiger partial charge in [0.25, 0.3) is 5.56 Å². The third-order valence-corrected chi connectivity index (χ3v) is 4.80. The van der Waals surface area contributed by atoms with Crippen LogP contribution >= 0.6 is 15.9 Å². The number of aryl methyl sites for hydroxylation is 1. The molecule has 1 amide bonds. The fourth-order valence-electron chi connectivity index (χ4n) is 2.76. The molecule has 2 aromatic heterocycles. The molecule has 3 rings (SSSR count). The Kier molecular flexibility index (Phi) is 5.66. The number of carbonyl (C=O) groups is 1. The van der Waals surface area contributed by atoms with Crippen molar-refractivity contribution in [2.24, 2.45) is 7.05 Å². The molecule has 0 spiro atoms. The van der Waals surface area contributed by atoms with Gasteiger partial charge in [0.15, 0.2) is 15.9 Å². The lowest BCUT2D eigenvalue weighted by Crippen LogP contribution is -2.42. The molecule has 0 radical (unpaired) electrons. The molecule has 2 heterocycles. The number of imidazole rings is 1. The van der Waals surface area contributed by atoms with E-state index in [1.165, 1.54) is 11.6 Å². The van der Waals surface area contributed by atoms with E-state index in [2.05, 4.69) is 38.1 Å². The normalized spacial score (nSPS) is 10.3. The second-order valence-electron chi connectivity index (χ2n) is 6.04. The minimum atomic E-state index is -0.656. The Morgan fingerprint density at radius 3 is 2.55 bits per heavy atom. The van der Waals surface area contributed by atoms with Gasteiger partial charge in [0.05, 0.1) is 18.2 Å². The number of fused-ring (bicyclic) bond motifs is 1. The third-order valence-electron chi connectivity index (χ3n) is 4.20. The van der Waals surface area contributed by atoms with E-state index in [-0.39, 0.29) is 17.7 Å². The van der Waals surface area contributed by atoms with Crippen LogP contribution in [0.3, 0.4) is 0 Å². The minimum absolute atomic E-state index is 0.174. The first kappa shape index (κ1) is 20.1. The van der Waals surface area contributed by atoms with Gasteiger partial charge in [0, 0.05) is 12.7 Å². The summed E-state index contributed by atoms with van der Waals surface area (Å²) >= 11 is 3.28. The number of hydrogen-bond donors (Lipinski definition) is 1. The number of halogens is 1. The smallest absolute Gasteiger partial charge is 0.325 e. The number of carbonyl (C=O) groups excluding carboxylic acids is 1. The van der Waals surface area contributed by atoms with Crippen molar-refractivity contribution in [3.05, 3.63) is 55.4 Å². The standard InChI is InChI=1S/C19H15BrN6O3/c1-3-4-9-25-15-16(23-18(25)20)24(2)19(29)26(17(15)28)11-14(27)22-13-7-5-12(10-21)6-8-13/h5-8H,9,11H2,1-2H3,(H,22,27). The number of nitrogens with zero attached hydrogens (tertiary/aromatic N) is 5. The maximum absolute atomic E-state index is 13.0. The predicted molar refractivity (Wildman–Crippen MR) is 110 cm³/mol. The van der Waals surface area contributed by atoms with Gasteiger partial charge < -0.3 is 9.88 Å². The zero-order chi connectivity index (χ0) is 21.1. The SMILES string of the molecule is CC#CCn1c(Br)nc2c1c(=O)n(CC(=O)Nc1ccc(C#N)cc1)c(=O)n2C. The molecule has 0 aliphatic carbocycles. The first-order valence-corrected chi connectivity index (χ1v) is 9.21. The van der Waals surface area contributed by atoms with Crippen LogP contribution in [0.2, 0.25) is 0 Å². The van der Waals surface area contributed by atoms with Crippen molar-refractivity contribution < 1.29 is 4.79 Å². The van der Waals surface area contributed by atoms with Gasteiger partial charge in [-0.25, -0.2) is 14.3 Å². The summed E-state index contributed by atoms with van der Waals surface area (Å²) in [6.45, 7) is 1.41. The highest BCUT2D eigenvalue weighted by Crippen LogP contribution is 2.16. The molecular formula is C19H15BrN6O3. The van der Waals surface area contributed by atoms with Gasteiger partial charge >= 0.3 is 5.69 Å². The summed E-state index contributed by atoms with van der Waals surface area (Å²) in [7, 11) is 1.48. The third kappa shape index (κ3) is 3.84. The maximum atomic E-state index is 13.0. The Bertz CT molecular complexity index is 1330. The van der Waals surface area contributed by atoms with Crippen molar-refractivity contribution in [1.29, 1.82) is 5.26 Å². The number of rotatable bonds is 4. The maximum Gasteiger partial charge on any atom is 0.332 e. The molecule has 0 unspecified atom stereocenters. The largest absolute Gasteiger partial charge is 0.332 e. The molecular weight excluding hydrogens is 440 g/mol. The summed E-state index contributed by atoms with van der Waals surface area (Å²) in [6.07, 6.45) is 0. The molecule has 0 atom stereocenters. The van der Waals surface area contributed by atoms with Crippen LogP contribution in [0.15, 0.2) is 38.6 Å². The molecule has 0 aliphatic heterocycles.